The van der Waals surface area contributed by atoms with Crippen molar-refractivity contribution in [1.82, 2.24) is 15.2 Å². The number of carbonyl (C=O) groups is 1. The smallest absolute Gasteiger partial charge is 0.270 e. The fourth-order valence-electron chi connectivity index (χ4n) is 2.06. The van der Waals surface area contributed by atoms with Crippen LogP contribution in [0, 0.1) is 0 Å². The normalized spacial score (nSPS) is 17.8. The minimum absolute atomic E-state index is 0.0923. The largest absolute Gasteiger partial charge is 0.393 e. The molecule has 18 heavy (non-hydrogen) atoms. The summed E-state index contributed by atoms with van der Waals surface area (Å²) in [5.41, 5.74) is 2.16. The minimum atomic E-state index is -0.120. The van der Waals surface area contributed by atoms with Gasteiger partial charge in [0.15, 0.2) is 0 Å². The third-order valence-electron chi connectivity index (χ3n) is 3.16. The predicted molar refractivity (Wildman–Crippen MR) is 70.7 cm³/mol. The summed E-state index contributed by atoms with van der Waals surface area (Å²) in [7, 11) is 0. The average Bonchev–Trinajstić information content (AvgIpc) is 2.90. The highest BCUT2D eigenvalue weighted by Crippen LogP contribution is 2.09. The van der Waals surface area contributed by atoms with Crippen molar-refractivity contribution in [2.24, 2.45) is 0 Å². The number of nitrogens with zero attached hydrogens (tertiary/aromatic N) is 2. The van der Waals surface area contributed by atoms with Crippen molar-refractivity contribution in [2.45, 2.75) is 25.4 Å². The first-order valence-electron chi connectivity index (χ1n) is 6.32. The molecule has 2 N–H and O–H groups in total. The summed E-state index contributed by atoms with van der Waals surface area (Å²) < 4.78 is 0. The molecule has 1 aromatic rings. The number of piperidine rings is 1. The van der Waals surface area contributed by atoms with Crippen LogP contribution in [0.25, 0.3) is 0 Å². The Morgan fingerprint density at radius 2 is 2.33 bits per heavy atom. The monoisotopic (exact) mass is 269 g/mol. The molecule has 0 bridgehead atoms. The number of likely N-dealkylation sites (tertiary alicyclic amines) is 1. The number of hydrogen-bond acceptors (Lipinski definition) is 5. The Kier molecular flexibility index (Phi) is 5.10. The molecule has 1 aliphatic heterocycles. The molecule has 0 atom stereocenters. The minimum Gasteiger partial charge on any atom is -0.393 e. The van der Waals surface area contributed by atoms with Gasteiger partial charge in [-0.1, -0.05) is 0 Å². The van der Waals surface area contributed by atoms with Crippen LogP contribution in [0.5, 0.6) is 0 Å². The molecule has 0 saturated carbocycles. The van der Waals surface area contributed by atoms with Crippen LogP contribution in [-0.4, -0.2) is 53.2 Å². The number of nitrogens with one attached hydrogen (secondary N) is 1. The summed E-state index contributed by atoms with van der Waals surface area (Å²) >= 11 is 1.43. The van der Waals surface area contributed by atoms with Crippen LogP contribution in [0.2, 0.25) is 0 Å². The zero-order valence-corrected chi connectivity index (χ0v) is 11.2. The van der Waals surface area contributed by atoms with E-state index in [1.54, 1.807) is 10.9 Å². The van der Waals surface area contributed by atoms with E-state index in [9.17, 15) is 9.90 Å². The van der Waals surface area contributed by atoms with Gasteiger partial charge in [-0.3, -0.25) is 4.79 Å². The van der Waals surface area contributed by atoms with E-state index in [1.807, 2.05) is 0 Å². The van der Waals surface area contributed by atoms with Crippen LogP contribution in [-0.2, 0) is 0 Å². The van der Waals surface area contributed by atoms with Gasteiger partial charge in [0.25, 0.3) is 5.91 Å². The predicted octanol–water partition coefficient (Wildman–Crippen LogP) is 0.720. The molecule has 0 radical (unpaired) electrons. The first-order valence-corrected chi connectivity index (χ1v) is 7.27. The van der Waals surface area contributed by atoms with E-state index < -0.39 is 0 Å². The summed E-state index contributed by atoms with van der Waals surface area (Å²) in [5.74, 6) is -0.0923. The van der Waals surface area contributed by atoms with Crippen LogP contribution in [0.1, 0.15) is 29.8 Å². The van der Waals surface area contributed by atoms with Crippen molar-refractivity contribution in [3.05, 3.63) is 16.6 Å². The number of aromatic nitrogens is 1. The van der Waals surface area contributed by atoms with Crippen molar-refractivity contribution in [2.75, 3.05) is 26.2 Å². The molecule has 1 amide bonds. The Bertz CT molecular complexity index is 361. The van der Waals surface area contributed by atoms with E-state index in [4.69, 9.17) is 0 Å². The molecule has 2 rings (SSSR count). The van der Waals surface area contributed by atoms with Crippen LogP contribution < -0.4 is 5.32 Å². The molecule has 2 heterocycles. The second-order valence-electron chi connectivity index (χ2n) is 4.56. The summed E-state index contributed by atoms with van der Waals surface area (Å²) in [6.07, 6.45) is 2.55. The molecule has 1 fully saturated rings. The summed E-state index contributed by atoms with van der Waals surface area (Å²) in [4.78, 5) is 17.9. The fraction of sp³-hybridized carbons (Fsp3) is 0.667. The number of thiazole rings is 1. The molecule has 0 unspecified atom stereocenters. The van der Waals surface area contributed by atoms with Crippen LogP contribution in [0.4, 0.5) is 0 Å². The molecule has 6 heteroatoms. The van der Waals surface area contributed by atoms with Crippen LogP contribution >= 0.6 is 11.3 Å². The van der Waals surface area contributed by atoms with E-state index in [0.717, 1.165) is 38.9 Å². The highest BCUT2D eigenvalue weighted by Gasteiger charge is 2.16. The molecule has 1 saturated heterocycles. The van der Waals surface area contributed by atoms with E-state index in [0.29, 0.717) is 12.2 Å². The zero-order valence-electron chi connectivity index (χ0n) is 10.3. The van der Waals surface area contributed by atoms with Gasteiger partial charge in [0.05, 0.1) is 11.6 Å². The van der Waals surface area contributed by atoms with Crippen molar-refractivity contribution >= 4 is 17.2 Å². The van der Waals surface area contributed by atoms with Crippen LogP contribution in [0.3, 0.4) is 0 Å². The first kappa shape index (κ1) is 13.5. The zero-order chi connectivity index (χ0) is 12.8. The van der Waals surface area contributed by atoms with Gasteiger partial charge in [-0.25, -0.2) is 4.98 Å². The van der Waals surface area contributed by atoms with Crippen molar-refractivity contribution < 1.29 is 9.90 Å². The summed E-state index contributed by atoms with van der Waals surface area (Å²) in [5, 5.41) is 14.0. The molecule has 0 aliphatic carbocycles. The van der Waals surface area contributed by atoms with Crippen molar-refractivity contribution in [3.63, 3.8) is 0 Å². The molecule has 0 aromatic carbocycles. The SMILES string of the molecule is O=C(NCCCN1CCC(O)CC1)c1cscn1. The number of carbonyl (C=O) groups excluding carboxylic acids is 1. The first-order chi connectivity index (χ1) is 8.75. The Labute approximate surface area is 111 Å². The molecule has 0 spiro atoms. The average molecular weight is 269 g/mol. The standard InChI is InChI=1S/C12H19N3O2S/c16-10-2-6-15(7-3-10)5-1-4-13-12(17)11-8-18-9-14-11/h8-10,16H,1-7H2,(H,13,17). The van der Waals surface area contributed by atoms with Gasteiger partial charge >= 0.3 is 0 Å². The molecular weight excluding hydrogens is 250 g/mol. The Morgan fingerprint density at radius 1 is 1.56 bits per heavy atom. The number of hydrogen-bond donors (Lipinski definition) is 2. The third-order valence-corrected chi connectivity index (χ3v) is 3.75. The number of aliphatic hydroxyl groups excluding tert-OH is 1. The lowest BCUT2D eigenvalue weighted by Crippen LogP contribution is -2.37. The van der Waals surface area contributed by atoms with E-state index in [1.165, 1.54) is 11.3 Å². The molecule has 5 nitrogen and oxygen atoms in total. The maximum atomic E-state index is 11.6. The number of aliphatic hydroxyl groups is 1. The topological polar surface area (TPSA) is 65.5 Å². The van der Waals surface area contributed by atoms with Crippen molar-refractivity contribution in [3.8, 4) is 0 Å². The second-order valence-corrected chi connectivity index (χ2v) is 5.27. The summed E-state index contributed by atoms with van der Waals surface area (Å²) in [6.45, 7) is 3.57. The van der Waals surface area contributed by atoms with Crippen molar-refractivity contribution in [1.29, 1.82) is 0 Å². The van der Waals surface area contributed by atoms with Gasteiger partial charge in [-0.15, -0.1) is 11.3 Å². The van der Waals surface area contributed by atoms with Gasteiger partial charge in [0.1, 0.15) is 5.69 Å². The highest BCUT2D eigenvalue weighted by molar-refractivity contribution is 7.07. The van der Waals surface area contributed by atoms with Gasteiger partial charge in [-0.2, -0.15) is 0 Å². The maximum absolute atomic E-state index is 11.6. The van der Waals surface area contributed by atoms with Gasteiger partial charge in [0.2, 0.25) is 0 Å². The van der Waals surface area contributed by atoms with E-state index >= 15 is 0 Å². The molecule has 1 aliphatic rings. The molecular formula is C12H19N3O2S. The Morgan fingerprint density at radius 3 is 3.00 bits per heavy atom. The van der Waals surface area contributed by atoms with Crippen LogP contribution in [0.15, 0.2) is 10.9 Å². The van der Waals surface area contributed by atoms with Gasteiger partial charge in [0, 0.05) is 25.0 Å². The lowest BCUT2D eigenvalue weighted by atomic mass is 10.1. The van der Waals surface area contributed by atoms with Gasteiger partial charge in [-0.05, 0) is 25.8 Å². The summed E-state index contributed by atoms with van der Waals surface area (Å²) in [6, 6.07) is 0. The number of rotatable bonds is 5. The lowest BCUT2D eigenvalue weighted by molar-refractivity contribution is 0.0816. The third kappa shape index (κ3) is 4.04. The highest BCUT2D eigenvalue weighted by atomic mass is 32.1. The second kappa shape index (κ2) is 6.82. The Balaban J connectivity index is 1.57. The lowest BCUT2D eigenvalue weighted by Gasteiger charge is -2.29. The van der Waals surface area contributed by atoms with E-state index in [-0.39, 0.29) is 12.0 Å². The van der Waals surface area contributed by atoms with Gasteiger partial charge < -0.3 is 15.3 Å². The molecule has 100 valence electrons. The fourth-order valence-corrected chi connectivity index (χ4v) is 2.59. The Hall–Kier alpha value is -0.980. The number of amides is 1. The quantitative estimate of drug-likeness (QED) is 0.773. The molecule has 1 aromatic heterocycles. The van der Waals surface area contributed by atoms with E-state index in [2.05, 4.69) is 15.2 Å². The maximum Gasteiger partial charge on any atom is 0.270 e.